The van der Waals surface area contributed by atoms with Gasteiger partial charge in [-0.2, -0.15) is 5.10 Å². The molecule has 0 radical (unpaired) electrons. The predicted octanol–water partition coefficient (Wildman–Crippen LogP) is 2.65. The number of H-pyrrole nitrogens is 1. The molecule has 2 heterocycles. The molecule has 1 aromatic heterocycles. The van der Waals surface area contributed by atoms with Gasteiger partial charge in [-0.1, -0.05) is 11.6 Å². The number of hydrogen-bond acceptors (Lipinski definition) is 2. The van der Waals surface area contributed by atoms with E-state index in [1.54, 1.807) is 6.20 Å². The van der Waals surface area contributed by atoms with Crippen LogP contribution in [0, 0.1) is 0 Å². The molecule has 1 saturated heterocycles. The van der Waals surface area contributed by atoms with E-state index in [1.165, 1.54) is 12.8 Å². The van der Waals surface area contributed by atoms with Gasteiger partial charge in [0.15, 0.2) is 0 Å². The van der Waals surface area contributed by atoms with E-state index in [4.69, 9.17) is 11.6 Å². The van der Waals surface area contributed by atoms with Crippen LogP contribution in [0.5, 0.6) is 0 Å². The molecule has 0 saturated carbocycles. The molecular weight excluding hydrogens is 210 g/mol. The Morgan fingerprint density at radius 3 is 2.60 bits per heavy atom. The first-order valence-corrected chi connectivity index (χ1v) is 5.99. The first kappa shape index (κ1) is 11.0. The predicted molar refractivity (Wildman–Crippen MR) is 62.3 cm³/mol. The van der Waals surface area contributed by atoms with Gasteiger partial charge in [0, 0.05) is 12.0 Å². The molecule has 0 atom stereocenters. The topological polar surface area (TPSA) is 31.9 Å². The zero-order valence-corrected chi connectivity index (χ0v) is 10.1. The zero-order valence-electron chi connectivity index (χ0n) is 9.33. The smallest absolute Gasteiger partial charge is 0.0818 e. The average Bonchev–Trinajstić information content (AvgIpc) is 2.65. The molecule has 84 valence electrons. The Morgan fingerprint density at radius 2 is 2.13 bits per heavy atom. The van der Waals surface area contributed by atoms with Crippen molar-refractivity contribution >= 4 is 11.6 Å². The Morgan fingerprint density at radius 1 is 1.47 bits per heavy atom. The molecule has 1 aliphatic heterocycles. The largest absolute Gasteiger partial charge is 0.301 e. The second kappa shape index (κ2) is 4.54. The van der Waals surface area contributed by atoms with Gasteiger partial charge in [-0.15, -0.1) is 0 Å². The normalized spacial score (nSPS) is 20.0. The van der Waals surface area contributed by atoms with Crippen molar-refractivity contribution in [2.75, 3.05) is 13.1 Å². The van der Waals surface area contributed by atoms with Crippen LogP contribution in [0.2, 0.25) is 5.02 Å². The van der Waals surface area contributed by atoms with Crippen molar-refractivity contribution < 1.29 is 0 Å². The second-order valence-electron chi connectivity index (χ2n) is 4.54. The molecule has 1 fully saturated rings. The summed E-state index contributed by atoms with van der Waals surface area (Å²) < 4.78 is 0. The fourth-order valence-corrected chi connectivity index (χ4v) is 2.52. The summed E-state index contributed by atoms with van der Waals surface area (Å²) in [4.78, 5) is 2.51. The van der Waals surface area contributed by atoms with Crippen LogP contribution < -0.4 is 0 Å². The van der Waals surface area contributed by atoms with E-state index in [1.807, 2.05) is 0 Å². The molecule has 0 amide bonds. The van der Waals surface area contributed by atoms with E-state index < -0.39 is 0 Å². The van der Waals surface area contributed by atoms with Gasteiger partial charge >= 0.3 is 0 Å². The summed E-state index contributed by atoms with van der Waals surface area (Å²) >= 11 is 6.06. The maximum atomic E-state index is 6.06. The van der Waals surface area contributed by atoms with Crippen LogP contribution in [0.1, 0.15) is 38.3 Å². The lowest BCUT2D eigenvalue weighted by Crippen LogP contribution is -2.37. The van der Waals surface area contributed by atoms with Gasteiger partial charge in [-0.05, 0) is 39.8 Å². The highest BCUT2D eigenvalue weighted by molar-refractivity contribution is 6.31. The van der Waals surface area contributed by atoms with Crippen LogP contribution in [0.25, 0.3) is 0 Å². The fourth-order valence-electron chi connectivity index (χ4n) is 2.27. The minimum absolute atomic E-state index is 0.565. The summed E-state index contributed by atoms with van der Waals surface area (Å²) in [5.41, 5.74) is 1.13. The Labute approximate surface area is 95.8 Å². The lowest BCUT2D eigenvalue weighted by molar-refractivity contribution is 0.171. The van der Waals surface area contributed by atoms with Gasteiger partial charge in [0.2, 0.25) is 0 Å². The molecule has 0 spiro atoms. The highest BCUT2D eigenvalue weighted by atomic mass is 35.5. The number of aromatic nitrogens is 2. The first-order valence-electron chi connectivity index (χ1n) is 5.61. The number of nitrogens with zero attached hydrogens (tertiary/aromatic N) is 2. The first-order chi connectivity index (χ1) is 7.18. The third kappa shape index (κ3) is 2.34. The van der Waals surface area contributed by atoms with Crippen molar-refractivity contribution in [1.29, 1.82) is 0 Å². The molecule has 1 N–H and O–H groups in total. The summed E-state index contributed by atoms with van der Waals surface area (Å²) in [5, 5.41) is 7.79. The lowest BCUT2D eigenvalue weighted by atomic mass is 9.93. The molecule has 1 aliphatic rings. The van der Waals surface area contributed by atoms with E-state index in [0.717, 1.165) is 23.8 Å². The molecule has 0 aromatic carbocycles. The number of piperidine rings is 1. The number of rotatable bonds is 2. The molecule has 0 aliphatic carbocycles. The minimum Gasteiger partial charge on any atom is -0.301 e. The summed E-state index contributed by atoms with van der Waals surface area (Å²) in [5.74, 6) is 0.565. The van der Waals surface area contributed by atoms with Crippen molar-refractivity contribution in [2.24, 2.45) is 0 Å². The van der Waals surface area contributed by atoms with E-state index >= 15 is 0 Å². The maximum Gasteiger partial charge on any atom is 0.0818 e. The fraction of sp³-hybridized carbons (Fsp3) is 0.727. The molecule has 0 bridgehead atoms. The van der Waals surface area contributed by atoms with Crippen LogP contribution in [-0.4, -0.2) is 34.2 Å². The average molecular weight is 228 g/mol. The van der Waals surface area contributed by atoms with Gasteiger partial charge in [0.25, 0.3) is 0 Å². The highest BCUT2D eigenvalue weighted by Gasteiger charge is 2.24. The quantitative estimate of drug-likeness (QED) is 0.843. The SMILES string of the molecule is CC(C)N1CCC(c2[nH]ncc2Cl)CC1. The summed E-state index contributed by atoms with van der Waals surface area (Å²) in [6.07, 6.45) is 4.06. The second-order valence-corrected chi connectivity index (χ2v) is 4.94. The van der Waals surface area contributed by atoms with E-state index in [2.05, 4.69) is 28.9 Å². The summed E-state index contributed by atoms with van der Waals surface area (Å²) in [7, 11) is 0. The Balaban J connectivity index is 1.97. The van der Waals surface area contributed by atoms with E-state index in [-0.39, 0.29) is 0 Å². The molecule has 4 heteroatoms. The molecule has 3 nitrogen and oxygen atoms in total. The van der Waals surface area contributed by atoms with Gasteiger partial charge in [0.05, 0.1) is 16.9 Å². The lowest BCUT2D eigenvalue weighted by Gasteiger charge is -2.34. The highest BCUT2D eigenvalue weighted by Crippen LogP contribution is 2.31. The Hall–Kier alpha value is -0.540. The van der Waals surface area contributed by atoms with E-state index in [9.17, 15) is 0 Å². The maximum absolute atomic E-state index is 6.06. The minimum atomic E-state index is 0.565. The van der Waals surface area contributed by atoms with E-state index in [0.29, 0.717) is 12.0 Å². The molecular formula is C11H18ClN3. The standard InChI is InChI=1S/C11H18ClN3/c1-8(2)15-5-3-9(4-6-15)11-10(12)7-13-14-11/h7-9H,3-6H2,1-2H3,(H,13,14). The van der Waals surface area contributed by atoms with Crippen molar-refractivity contribution in [2.45, 2.75) is 38.6 Å². The third-order valence-corrected chi connectivity index (χ3v) is 3.59. The third-order valence-electron chi connectivity index (χ3n) is 3.29. The van der Waals surface area contributed by atoms with Gasteiger partial charge in [0.1, 0.15) is 0 Å². The number of nitrogens with one attached hydrogen (secondary N) is 1. The molecule has 1 aromatic rings. The summed E-state index contributed by atoms with van der Waals surface area (Å²) in [6, 6.07) is 0.656. The Kier molecular flexibility index (Phi) is 3.32. The van der Waals surface area contributed by atoms with Crippen LogP contribution in [0.4, 0.5) is 0 Å². The van der Waals surface area contributed by atoms with Crippen molar-refractivity contribution in [3.05, 3.63) is 16.9 Å². The number of halogens is 1. The van der Waals surface area contributed by atoms with Gasteiger partial charge < -0.3 is 4.90 Å². The Bertz CT molecular complexity index is 313. The van der Waals surface area contributed by atoms with Crippen LogP contribution in [-0.2, 0) is 0 Å². The van der Waals surface area contributed by atoms with Gasteiger partial charge in [-0.25, -0.2) is 0 Å². The summed E-state index contributed by atoms with van der Waals surface area (Å²) in [6.45, 7) is 6.84. The van der Waals surface area contributed by atoms with Crippen LogP contribution in [0.15, 0.2) is 6.20 Å². The number of likely N-dealkylation sites (tertiary alicyclic amines) is 1. The van der Waals surface area contributed by atoms with Crippen molar-refractivity contribution in [3.63, 3.8) is 0 Å². The number of aromatic amines is 1. The zero-order chi connectivity index (χ0) is 10.8. The van der Waals surface area contributed by atoms with Crippen LogP contribution >= 0.6 is 11.6 Å². The molecule has 0 unspecified atom stereocenters. The number of hydrogen-bond donors (Lipinski definition) is 1. The monoisotopic (exact) mass is 227 g/mol. The van der Waals surface area contributed by atoms with Crippen molar-refractivity contribution in [1.82, 2.24) is 15.1 Å². The van der Waals surface area contributed by atoms with Crippen LogP contribution in [0.3, 0.4) is 0 Å². The molecule has 2 rings (SSSR count). The van der Waals surface area contributed by atoms with Gasteiger partial charge in [-0.3, -0.25) is 5.10 Å². The molecule has 15 heavy (non-hydrogen) atoms. The van der Waals surface area contributed by atoms with Crippen molar-refractivity contribution in [3.8, 4) is 0 Å².